The van der Waals surface area contributed by atoms with Crippen molar-refractivity contribution in [3.63, 3.8) is 0 Å². The summed E-state index contributed by atoms with van der Waals surface area (Å²) in [6.07, 6.45) is 1.36. The molecule has 2 aliphatic heterocycles. The first-order valence-corrected chi connectivity index (χ1v) is 11.8. The molecular formula is C28H36O5. The van der Waals surface area contributed by atoms with Crippen molar-refractivity contribution in [3.05, 3.63) is 59.2 Å². The molecule has 0 saturated carbocycles. The van der Waals surface area contributed by atoms with Crippen LogP contribution in [-0.4, -0.2) is 29.9 Å². The summed E-state index contributed by atoms with van der Waals surface area (Å²) in [6.45, 7) is 10.7. The van der Waals surface area contributed by atoms with Crippen LogP contribution >= 0.6 is 0 Å². The quantitative estimate of drug-likeness (QED) is 0.608. The van der Waals surface area contributed by atoms with Gasteiger partial charge in [-0.25, -0.2) is 0 Å². The van der Waals surface area contributed by atoms with Gasteiger partial charge in [-0.2, -0.15) is 0 Å². The highest BCUT2D eigenvalue weighted by molar-refractivity contribution is 5.71. The molecule has 0 aliphatic carbocycles. The van der Waals surface area contributed by atoms with Gasteiger partial charge in [0.1, 0.15) is 17.1 Å². The Bertz CT molecular complexity index is 1020. The van der Waals surface area contributed by atoms with Crippen LogP contribution in [0, 0.1) is 11.8 Å². The highest BCUT2D eigenvalue weighted by atomic mass is 16.5. The molecule has 2 aromatic carbocycles. The van der Waals surface area contributed by atoms with Crippen molar-refractivity contribution in [2.75, 3.05) is 7.11 Å². The van der Waals surface area contributed by atoms with E-state index in [1.165, 1.54) is 5.56 Å². The van der Waals surface area contributed by atoms with E-state index >= 15 is 0 Å². The number of aryl methyl sites for hydroxylation is 1. The number of carboxylic acids is 1. The van der Waals surface area contributed by atoms with Gasteiger partial charge in [0.2, 0.25) is 0 Å². The molecule has 178 valence electrons. The Morgan fingerprint density at radius 2 is 1.94 bits per heavy atom. The molecule has 0 spiro atoms. The van der Waals surface area contributed by atoms with Crippen molar-refractivity contribution < 1.29 is 24.1 Å². The Kier molecular flexibility index (Phi) is 6.21. The topological polar surface area (TPSA) is 65.0 Å². The smallest absolute Gasteiger partial charge is 0.309 e. The molecule has 0 aromatic heterocycles. The number of methoxy groups -OCH3 is 1. The predicted octanol–water partition coefficient (Wildman–Crippen LogP) is 5.94. The Labute approximate surface area is 197 Å². The van der Waals surface area contributed by atoms with E-state index in [0.717, 1.165) is 29.0 Å². The number of aliphatic carboxylic acids is 1. The average Bonchev–Trinajstić information content (AvgIpc) is 2.76. The molecule has 5 heteroatoms. The summed E-state index contributed by atoms with van der Waals surface area (Å²) in [7, 11) is 1.65. The fourth-order valence-corrected chi connectivity index (χ4v) is 5.22. The summed E-state index contributed by atoms with van der Waals surface area (Å²) < 4.78 is 18.4. The number of ether oxygens (including phenoxy) is 3. The Hall–Kier alpha value is -2.53. The summed E-state index contributed by atoms with van der Waals surface area (Å²) >= 11 is 0. The summed E-state index contributed by atoms with van der Waals surface area (Å²) in [5.74, 6) is 0.256. The largest absolute Gasteiger partial charge is 0.497 e. The lowest BCUT2D eigenvalue weighted by Crippen LogP contribution is -2.52. The molecule has 2 aliphatic rings. The number of hydrogen-bond acceptors (Lipinski definition) is 4. The maximum atomic E-state index is 12.3. The van der Waals surface area contributed by atoms with Crippen LogP contribution in [0.25, 0.3) is 0 Å². The van der Waals surface area contributed by atoms with E-state index < -0.39 is 17.5 Å². The van der Waals surface area contributed by atoms with Crippen molar-refractivity contribution in [1.29, 1.82) is 0 Å². The second-order valence-corrected chi connectivity index (χ2v) is 11.0. The Balaban J connectivity index is 1.65. The van der Waals surface area contributed by atoms with E-state index in [1.54, 1.807) is 7.11 Å². The van der Waals surface area contributed by atoms with Crippen LogP contribution in [0.1, 0.15) is 70.3 Å². The van der Waals surface area contributed by atoms with E-state index in [2.05, 4.69) is 32.9 Å². The highest BCUT2D eigenvalue weighted by Gasteiger charge is 2.52. The number of rotatable bonds is 5. The van der Waals surface area contributed by atoms with Crippen molar-refractivity contribution in [1.82, 2.24) is 0 Å². The predicted molar refractivity (Wildman–Crippen MR) is 128 cm³/mol. The minimum absolute atomic E-state index is 0.00151. The average molecular weight is 453 g/mol. The second kappa shape index (κ2) is 8.68. The fraction of sp³-hybridized carbons (Fsp3) is 0.536. The third-order valence-corrected chi connectivity index (χ3v) is 7.26. The first-order valence-electron chi connectivity index (χ1n) is 11.8. The highest BCUT2D eigenvalue weighted by Crippen LogP contribution is 2.53. The molecule has 0 radical (unpaired) electrons. The zero-order valence-corrected chi connectivity index (χ0v) is 20.6. The molecule has 1 saturated heterocycles. The third kappa shape index (κ3) is 4.74. The molecule has 5 nitrogen and oxygen atoms in total. The van der Waals surface area contributed by atoms with Crippen LogP contribution in [-0.2, 0) is 21.4 Å². The van der Waals surface area contributed by atoms with E-state index in [4.69, 9.17) is 14.2 Å². The first kappa shape index (κ1) is 23.6. The zero-order valence-electron chi connectivity index (χ0n) is 20.6. The van der Waals surface area contributed by atoms with Crippen LogP contribution in [0.15, 0.2) is 42.5 Å². The van der Waals surface area contributed by atoms with Gasteiger partial charge in [0.05, 0.1) is 25.2 Å². The summed E-state index contributed by atoms with van der Waals surface area (Å²) in [5, 5.41) is 10.1. The monoisotopic (exact) mass is 452 g/mol. The SMILES string of the molecule is COc1cccc(CC[C@@H]2O[C@@H]3c4cc(C(C)(C)C)ccc4OC(C)(C)[C@H]3C[C@@H]2C(=O)O)c1. The maximum Gasteiger partial charge on any atom is 0.309 e. The van der Waals surface area contributed by atoms with Gasteiger partial charge in [0, 0.05) is 11.5 Å². The molecule has 4 rings (SSSR count). The van der Waals surface area contributed by atoms with Crippen molar-refractivity contribution in [3.8, 4) is 11.5 Å². The fourth-order valence-electron chi connectivity index (χ4n) is 5.22. The third-order valence-electron chi connectivity index (χ3n) is 7.26. The number of fused-ring (bicyclic) bond motifs is 3. The van der Waals surface area contributed by atoms with E-state index in [-0.39, 0.29) is 23.5 Å². The van der Waals surface area contributed by atoms with Crippen molar-refractivity contribution in [2.45, 2.75) is 77.1 Å². The van der Waals surface area contributed by atoms with Gasteiger partial charge in [-0.05, 0) is 73.9 Å². The van der Waals surface area contributed by atoms with E-state index in [9.17, 15) is 9.90 Å². The molecule has 2 heterocycles. The van der Waals surface area contributed by atoms with Crippen LogP contribution in [0.4, 0.5) is 0 Å². The van der Waals surface area contributed by atoms with Crippen LogP contribution in [0.3, 0.4) is 0 Å². The van der Waals surface area contributed by atoms with Gasteiger partial charge < -0.3 is 19.3 Å². The Morgan fingerprint density at radius 1 is 1.18 bits per heavy atom. The summed E-state index contributed by atoms with van der Waals surface area (Å²) in [5.41, 5.74) is 2.88. The number of benzene rings is 2. The lowest BCUT2D eigenvalue weighted by molar-refractivity contribution is -0.188. The number of carboxylic acid groups (broad SMARTS) is 1. The maximum absolute atomic E-state index is 12.3. The Morgan fingerprint density at radius 3 is 2.61 bits per heavy atom. The van der Waals surface area contributed by atoms with Gasteiger partial charge in [0.15, 0.2) is 0 Å². The molecule has 1 fully saturated rings. The van der Waals surface area contributed by atoms with Crippen LogP contribution < -0.4 is 9.47 Å². The number of carbonyl (C=O) groups is 1. The molecule has 0 amide bonds. The minimum atomic E-state index is -0.797. The van der Waals surface area contributed by atoms with Crippen LogP contribution in [0.5, 0.6) is 11.5 Å². The summed E-state index contributed by atoms with van der Waals surface area (Å²) in [6, 6.07) is 14.3. The summed E-state index contributed by atoms with van der Waals surface area (Å²) in [4.78, 5) is 12.3. The molecule has 0 bridgehead atoms. The molecule has 1 N–H and O–H groups in total. The van der Waals surface area contributed by atoms with Gasteiger partial charge in [-0.1, -0.05) is 39.0 Å². The van der Waals surface area contributed by atoms with Gasteiger partial charge in [-0.3, -0.25) is 4.79 Å². The zero-order chi connectivity index (χ0) is 24.0. The van der Waals surface area contributed by atoms with E-state index in [1.807, 2.05) is 44.2 Å². The normalized spacial score (nSPS) is 26.0. The lowest BCUT2D eigenvalue weighted by atomic mass is 9.70. The molecular weight excluding hydrogens is 416 g/mol. The van der Waals surface area contributed by atoms with Crippen molar-refractivity contribution in [2.24, 2.45) is 11.8 Å². The van der Waals surface area contributed by atoms with Gasteiger partial charge in [-0.15, -0.1) is 0 Å². The van der Waals surface area contributed by atoms with Crippen molar-refractivity contribution >= 4 is 5.97 Å². The number of hydrogen-bond donors (Lipinski definition) is 1. The second-order valence-electron chi connectivity index (χ2n) is 11.0. The molecule has 33 heavy (non-hydrogen) atoms. The van der Waals surface area contributed by atoms with Crippen LogP contribution in [0.2, 0.25) is 0 Å². The lowest BCUT2D eigenvalue weighted by Gasteiger charge is -2.50. The van der Waals surface area contributed by atoms with Gasteiger partial charge >= 0.3 is 5.97 Å². The van der Waals surface area contributed by atoms with Gasteiger partial charge in [0.25, 0.3) is 0 Å². The molecule has 0 unspecified atom stereocenters. The molecule has 4 atom stereocenters. The standard InChI is InChI=1S/C28H36O5/c1-27(2,3)18-11-13-24-20(15-18)25-22(28(4,5)33-24)16-21(26(29)30)23(32-25)12-10-17-8-7-9-19(14-17)31-6/h7-9,11,13-15,21-23,25H,10,12,16H2,1-6H3,(H,29,30)/t21-,22-,23-,25+/m0/s1. The minimum Gasteiger partial charge on any atom is -0.497 e. The first-order chi connectivity index (χ1) is 15.5. The van der Waals surface area contributed by atoms with E-state index in [0.29, 0.717) is 12.8 Å². The molecule has 2 aromatic rings.